The van der Waals surface area contributed by atoms with Gasteiger partial charge in [-0.15, -0.1) is 0 Å². The molecule has 2 rings (SSSR count). The smallest absolute Gasteiger partial charge is 0.328 e. The molecule has 0 heterocycles. The van der Waals surface area contributed by atoms with E-state index in [1.807, 2.05) is 6.07 Å². The highest BCUT2D eigenvalue weighted by Crippen LogP contribution is 2.14. The number of esters is 1. The minimum Gasteiger partial charge on any atom is -0.497 e. The zero-order valence-corrected chi connectivity index (χ0v) is 15.2. The Labute approximate surface area is 157 Å². The van der Waals surface area contributed by atoms with Gasteiger partial charge in [-0.3, -0.25) is 9.59 Å². The number of ether oxygens (including phenoxy) is 2. The van der Waals surface area contributed by atoms with Crippen molar-refractivity contribution in [2.24, 2.45) is 0 Å². The molecule has 0 aliphatic rings. The molecule has 142 valence electrons. The fourth-order valence-corrected chi connectivity index (χ4v) is 2.47. The van der Waals surface area contributed by atoms with Crippen LogP contribution in [0.1, 0.15) is 15.9 Å². The molecule has 0 saturated carbocycles. The third-order valence-electron chi connectivity index (χ3n) is 3.84. The van der Waals surface area contributed by atoms with Crippen LogP contribution in [0.15, 0.2) is 54.6 Å². The van der Waals surface area contributed by atoms with Crippen LogP contribution >= 0.6 is 0 Å². The molecule has 0 saturated heterocycles. The Bertz CT molecular complexity index is 792. The standard InChI is InChI=1S/C20H22N2O5/c1-26-16-10-6-7-14(11-16)12-17(20(25)27-2)22-18(23)13-21-19(24)15-8-4-3-5-9-15/h3-11,17H,12-13H2,1-2H3,(H,21,24)(H,22,23)/t17-/m0/s1. The molecule has 2 N–H and O–H groups in total. The van der Waals surface area contributed by atoms with Crippen molar-refractivity contribution in [3.8, 4) is 5.75 Å². The van der Waals surface area contributed by atoms with E-state index >= 15 is 0 Å². The van der Waals surface area contributed by atoms with Crippen LogP contribution in [0.2, 0.25) is 0 Å². The summed E-state index contributed by atoms with van der Waals surface area (Å²) in [4.78, 5) is 36.2. The molecule has 0 aliphatic carbocycles. The van der Waals surface area contributed by atoms with Crippen molar-refractivity contribution in [1.82, 2.24) is 10.6 Å². The van der Waals surface area contributed by atoms with Gasteiger partial charge in [0.05, 0.1) is 20.8 Å². The Hall–Kier alpha value is -3.35. The maximum Gasteiger partial charge on any atom is 0.328 e. The van der Waals surface area contributed by atoms with E-state index in [1.54, 1.807) is 55.6 Å². The predicted octanol–water partition coefficient (Wildman–Crippen LogP) is 1.33. The molecule has 27 heavy (non-hydrogen) atoms. The quantitative estimate of drug-likeness (QED) is 0.684. The summed E-state index contributed by atoms with van der Waals surface area (Å²) in [6.45, 7) is -0.251. The monoisotopic (exact) mass is 370 g/mol. The minimum absolute atomic E-state index is 0.238. The number of hydrogen-bond acceptors (Lipinski definition) is 5. The third kappa shape index (κ3) is 6.14. The van der Waals surface area contributed by atoms with Crippen molar-refractivity contribution in [3.63, 3.8) is 0 Å². The third-order valence-corrected chi connectivity index (χ3v) is 3.84. The summed E-state index contributed by atoms with van der Waals surface area (Å²) >= 11 is 0. The number of methoxy groups -OCH3 is 2. The van der Waals surface area contributed by atoms with Gasteiger partial charge in [-0.25, -0.2) is 4.79 Å². The maximum absolute atomic E-state index is 12.2. The number of nitrogens with one attached hydrogen (secondary N) is 2. The zero-order valence-electron chi connectivity index (χ0n) is 15.2. The van der Waals surface area contributed by atoms with E-state index in [-0.39, 0.29) is 18.9 Å². The lowest BCUT2D eigenvalue weighted by Crippen LogP contribution is -2.47. The van der Waals surface area contributed by atoms with Crippen molar-refractivity contribution >= 4 is 17.8 Å². The second-order valence-corrected chi connectivity index (χ2v) is 5.75. The molecular weight excluding hydrogens is 348 g/mol. The Balaban J connectivity index is 1.95. The molecule has 0 radical (unpaired) electrons. The Kier molecular flexibility index (Phi) is 7.37. The molecule has 2 aromatic rings. The Morgan fingerprint density at radius 1 is 1.00 bits per heavy atom. The predicted molar refractivity (Wildman–Crippen MR) is 99.4 cm³/mol. The summed E-state index contributed by atoms with van der Waals surface area (Å²) < 4.78 is 9.92. The molecule has 7 nitrogen and oxygen atoms in total. The molecule has 0 aliphatic heterocycles. The highest BCUT2D eigenvalue weighted by molar-refractivity contribution is 5.96. The van der Waals surface area contributed by atoms with Gasteiger partial charge in [0.1, 0.15) is 11.8 Å². The summed E-state index contributed by atoms with van der Waals surface area (Å²) in [6.07, 6.45) is 0.238. The molecule has 0 spiro atoms. The zero-order chi connectivity index (χ0) is 19.6. The lowest BCUT2D eigenvalue weighted by Gasteiger charge is -2.17. The van der Waals surface area contributed by atoms with Crippen LogP contribution in [0.25, 0.3) is 0 Å². The molecule has 0 aromatic heterocycles. The topological polar surface area (TPSA) is 93.7 Å². The van der Waals surface area contributed by atoms with Crippen molar-refractivity contribution in [2.45, 2.75) is 12.5 Å². The number of carbonyl (C=O) groups is 3. The molecule has 0 fully saturated rings. The van der Waals surface area contributed by atoms with E-state index in [0.29, 0.717) is 11.3 Å². The van der Waals surface area contributed by atoms with E-state index < -0.39 is 17.9 Å². The lowest BCUT2D eigenvalue weighted by atomic mass is 10.1. The van der Waals surface area contributed by atoms with Crippen LogP contribution in [0.5, 0.6) is 5.75 Å². The van der Waals surface area contributed by atoms with Gasteiger partial charge in [0, 0.05) is 12.0 Å². The van der Waals surface area contributed by atoms with Crippen LogP contribution in [0.4, 0.5) is 0 Å². The number of carbonyl (C=O) groups excluding carboxylic acids is 3. The van der Waals surface area contributed by atoms with E-state index in [4.69, 9.17) is 9.47 Å². The van der Waals surface area contributed by atoms with E-state index in [9.17, 15) is 14.4 Å². The summed E-state index contributed by atoms with van der Waals surface area (Å²) in [7, 11) is 2.80. The van der Waals surface area contributed by atoms with Gasteiger partial charge in [0.25, 0.3) is 5.91 Å². The van der Waals surface area contributed by atoms with Gasteiger partial charge in [-0.1, -0.05) is 30.3 Å². The van der Waals surface area contributed by atoms with Gasteiger partial charge in [-0.2, -0.15) is 0 Å². The van der Waals surface area contributed by atoms with E-state index in [0.717, 1.165) is 5.56 Å². The molecule has 2 aromatic carbocycles. The van der Waals surface area contributed by atoms with Gasteiger partial charge in [-0.05, 0) is 29.8 Å². The molecule has 7 heteroatoms. The Morgan fingerprint density at radius 3 is 2.41 bits per heavy atom. The van der Waals surface area contributed by atoms with Crippen LogP contribution in [-0.2, 0) is 20.7 Å². The van der Waals surface area contributed by atoms with Gasteiger partial charge < -0.3 is 20.1 Å². The van der Waals surface area contributed by atoms with E-state index in [1.165, 1.54) is 7.11 Å². The number of hydrogen-bond donors (Lipinski definition) is 2. The van der Waals surface area contributed by atoms with Crippen molar-refractivity contribution in [1.29, 1.82) is 0 Å². The molecule has 1 atom stereocenters. The number of benzene rings is 2. The summed E-state index contributed by atoms with van der Waals surface area (Å²) in [5, 5.41) is 5.11. The lowest BCUT2D eigenvalue weighted by molar-refractivity contribution is -0.144. The highest BCUT2D eigenvalue weighted by Gasteiger charge is 2.22. The summed E-state index contributed by atoms with van der Waals surface area (Å²) in [5.41, 5.74) is 1.25. The van der Waals surface area contributed by atoms with Crippen LogP contribution in [-0.4, -0.2) is 44.6 Å². The average molecular weight is 370 g/mol. The van der Waals surface area contributed by atoms with Gasteiger partial charge >= 0.3 is 5.97 Å². The average Bonchev–Trinajstić information content (AvgIpc) is 2.71. The summed E-state index contributed by atoms with van der Waals surface area (Å²) in [5.74, 6) is -0.774. The number of amides is 2. The first-order valence-corrected chi connectivity index (χ1v) is 8.37. The maximum atomic E-state index is 12.2. The van der Waals surface area contributed by atoms with Gasteiger partial charge in [0.2, 0.25) is 5.91 Å². The molecule has 2 amide bonds. The first kappa shape index (κ1) is 20.0. The normalized spacial score (nSPS) is 11.2. The SMILES string of the molecule is COC(=O)[C@H](Cc1cccc(OC)c1)NC(=O)CNC(=O)c1ccccc1. The second-order valence-electron chi connectivity index (χ2n) is 5.75. The molecular formula is C20H22N2O5. The van der Waals surface area contributed by atoms with E-state index in [2.05, 4.69) is 10.6 Å². The summed E-state index contributed by atoms with van der Waals surface area (Å²) in [6, 6.07) is 14.9. The van der Waals surface area contributed by atoms with Crippen LogP contribution in [0.3, 0.4) is 0 Å². The highest BCUT2D eigenvalue weighted by atomic mass is 16.5. The molecule has 0 bridgehead atoms. The van der Waals surface area contributed by atoms with Gasteiger partial charge in [0.15, 0.2) is 0 Å². The van der Waals surface area contributed by atoms with Crippen LogP contribution in [0, 0.1) is 0 Å². The fourth-order valence-electron chi connectivity index (χ4n) is 2.47. The second kappa shape index (κ2) is 9.96. The largest absolute Gasteiger partial charge is 0.497 e. The van der Waals surface area contributed by atoms with Crippen LogP contribution < -0.4 is 15.4 Å². The molecule has 0 unspecified atom stereocenters. The van der Waals surface area contributed by atoms with Crippen molar-refractivity contribution in [2.75, 3.05) is 20.8 Å². The van der Waals surface area contributed by atoms with Crippen molar-refractivity contribution in [3.05, 3.63) is 65.7 Å². The first-order chi connectivity index (χ1) is 13.0. The number of rotatable bonds is 8. The fraction of sp³-hybridized carbons (Fsp3) is 0.250. The Morgan fingerprint density at radius 2 is 1.74 bits per heavy atom. The minimum atomic E-state index is -0.872. The van der Waals surface area contributed by atoms with Crippen molar-refractivity contribution < 1.29 is 23.9 Å². The first-order valence-electron chi connectivity index (χ1n) is 8.37.